The predicted octanol–water partition coefficient (Wildman–Crippen LogP) is 2.04. The normalized spacial score (nSPS) is 16.1. The van der Waals surface area contributed by atoms with E-state index in [-0.39, 0.29) is 12.4 Å². The van der Waals surface area contributed by atoms with Crippen molar-refractivity contribution >= 4 is 12.4 Å². The maximum absolute atomic E-state index is 4.22. The fraction of sp³-hybridized carbons (Fsp3) is 0.833. The van der Waals surface area contributed by atoms with Crippen molar-refractivity contribution in [1.82, 2.24) is 20.3 Å². The Kier molecular flexibility index (Phi) is 6.52. The molecule has 0 aliphatic heterocycles. The van der Waals surface area contributed by atoms with Crippen LogP contribution in [0.25, 0.3) is 0 Å². The van der Waals surface area contributed by atoms with E-state index < -0.39 is 0 Å². The molecule has 1 N–H and O–H groups in total. The summed E-state index contributed by atoms with van der Waals surface area (Å²) in [5.74, 6) is 0.947. The number of aryl methyl sites for hydroxylation is 1. The Labute approximate surface area is 110 Å². The van der Waals surface area contributed by atoms with Gasteiger partial charge in [-0.15, -0.1) is 17.5 Å². The molecule has 98 valence electrons. The summed E-state index contributed by atoms with van der Waals surface area (Å²) in [5, 5.41) is 11.5. The monoisotopic (exact) mass is 258 g/mol. The summed E-state index contributed by atoms with van der Waals surface area (Å²) in [6, 6.07) is 0. The summed E-state index contributed by atoms with van der Waals surface area (Å²) in [5.41, 5.74) is 1.16. The molecular formula is C12H23ClN4. The van der Waals surface area contributed by atoms with E-state index in [0.29, 0.717) is 0 Å². The molecule has 0 aromatic carbocycles. The summed E-state index contributed by atoms with van der Waals surface area (Å²) in [7, 11) is 1.96. The SMILES string of the molecule is CNCCn1cc(CCC2CCCC2)nn1.Cl. The maximum atomic E-state index is 4.22. The Morgan fingerprint density at radius 3 is 2.88 bits per heavy atom. The van der Waals surface area contributed by atoms with Gasteiger partial charge in [0.2, 0.25) is 0 Å². The van der Waals surface area contributed by atoms with Crippen molar-refractivity contribution in [3.63, 3.8) is 0 Å². The molecule has 1 aliphatic rings. The second-order valence-corrected chi connectivity index (χ2v) is 4.77. The summed E-state index contributed by atoms with van der Waals surface area (Å²) in [6.45, 7) is 1.86. The third-order valence-electron chi connectivity index (χ3n) is 3.46. The van der Waals surface area contributed by atoms with Crippen LogP contribution >= 0.6 is 12.4 Å². The number of rotatable bonds is 6. The number of hydrogen-bond donors (Lipinski definition) is 1. The number of aromatic nitrogens is 3. The molecule has 0 spiro atoms. The molecule has 1 heterocycles. The van der Waals surface area contributed by atoms with Crippen LogP contribution in [-0.2, 0) is 13.0 Å². The van der Waals surface area contributed by atoms with Crippen molar-refractivity contribution in [2.45, 2.75) is 45.1 Å². The fourth-order valence-corrected chi connectivity index (χ4v) is 2.44. The summed E-state index contributed by atoms with van der Waals surface area (Å²) >= 11 is 0. The van der Waals surface area contributed by atoms with Crippen LogP contribution in [0.4, 0.5) is 0 Å². The van der Waals surface area contributed by atoms with Crippen molar-refractivity contribution < 1.29 is 0 Å². The maximum Gasteiger partial charge on any atom is 0.0827 e. The standard InChI is InChI=1S/C12H22N4.ClH/c1-13-8-9-16-10-12(14-15-16)7-6-11-4-2-3-5-11;/h10-11,13H,2-9H2,1H3;1H. The van der Waals surface area contributed by atoms with Gasteiger partial charge in [-0.1, -0.05) is 30.9 Å². The van der Waals surface area contributed by atoms with Crippen LogP contribution in [0.1, 0.15) is 37.8 Å². The van der Waals surface area contributed by atoms with E-state index >= 15 is 0 Å². The Balaban J connectivity index is 0.00000144. The fourth-order valence-electron chi connectivity index (χ4n) is 2.44. The van der Waals surface area contributed by atoms with Gasteiger partial charge in [-0.2, -0.15) is 0 Å². The lowest BCUT2D eigenvalue weighted by Crippen LogP contribution is -2.15. The van der Waals surface area contributed by atoms with Crippen LogP contribution in [-0.4, -0.2) is 28.6 Å². The first kappa shape index (κ1) is 14.5. The van der Waals surface area contributed by atoms with Crippen molar-refractivity contribution in [3.05, 3.63) is 11.9 Å². The van der Waals surface area contributed by atoms with Crippen LogP contribution in [0.5, 0.6) is 0 Å². The number of nitrogens with zero attached hydrogens (tertiary/aromatic N) is 3. The van der Waals surface area contributed by atoms with E-state index in [1.807, 2.05) is 11.7 Å². The van der Waals surface area contributed by atoms with Gasteiger partial charge in [-0.25, -0.2) is 0 Å². The van der Waals surface area contributed by atoms with Gasteiger partial charge in [0.05, 0.1) is 12.2 Å². The molecule has 0 radical (unpaired) electrons. The molecule has 0 atom stereocenters. The van der Waals surface area contributed by atoms with Gasteiger partial charge in [0.15, 0.2) is 0 Å². The van der Waals surface area contributed by atoms with E-state index in [1.54, 1.807) is 0 Å². The van der Waals surface area contributed by atoms with Crippen LogP contribution in [0.2, 0.25) is 0 Å². The van der Waals surface area contributed by atoms with Gasteiger partial charge in [0.25, 0.3) is 0 Å². The highest BCUT2D eigenvalue weighted by molar-refractivity contribution is 5.85. The molecule has 1 aromatic heterocycles. The molecule has 0 saturated heterocycles. The molecule has 1 fully saturated rings. The molecule has 4 nitrogen and oxygen atoms in total. The van der Waals surface area contributed by atoms with E-state index in [2.05, 4.69) is 21.8 Å². The van der Waals surface area contributed by atoms with E-state index in [0.717, 1.165) is 31.1 Å². The molecule has 17 heavy (non-hydrogen) atoms. The zero-order valence-electron chi connectivity index (χ0n) is 10.6. The lowest BCUT2D eigenvalue weighted by Gasteiger charge is -2.05. The van der Waals surface area contributed by atoms with Gasteiger partial charge in [0.1, 0.15) is 0 Å². The van der Waals surface area contributed by atoms with Gasteiger partial charge in [-0.3, -0.25) is 4.68 Å². The zero-order chi connectivity index (χ0) is 11.2. The lowest BCUT2D eigenvalue weighted by molar-refractivity contribution is 0.500. The minimum Gasteiger partial charge on any atom is -0.318 e. The Bertz CT molecular complexity index is 307. The van der Waals surface area contributed by atoms with Crippen LogP contribution < -0.4 is 5.32 Å². The zero-order valence-corrected chi connectivity index (χ0v) is 11.4. The minimum absolute atomic E-state index is 0. The smallest absolute Gasteiger partial charge is 0.0827 e. The number of halogens is 1. The average Bonchev–Trinajstić information content (AvgIpc) is 2.95. The minimum atomic E-state index is 0. The second kappa shape index (κ2) is 7.67. The highest BCUT2D eigenvalue weighted by atomic mass is 35.5. The van der Waals surface area contributed by atoms with Crippen molar-refractivity contribution in [1.29, 1.82) is 0 Å². The Morgan fingerprint density at radius 1 is 1.41 bits per heavy atom. The quantitative estimate of drug-likeness (QED) is 0.849. The summed E-state index contributed by atoms with van der Waals surface area (Å²) in [6.07, 6.45) is 10.2. The van der Waals surface area contributed by atoms with Crippen LogP contribution in [0, 0.1) is 5.92 Å². The van der Waals surface area contributed by atoms with E-state index in [9.17, 15) is 0 Å². The van der Waals surface area contributed by atoms with Gasteiger partial charge in [0, 0.05) is 12.7 Å². The second-order valence-electron chi connectivity index (χ2n) is 4.77. The molecular weight excluding hydrogens is 236 g/mol. The molecule has 0 unspecified atom stereocenters. The first-order chi connectivity index (χ1) is 7.88. The number of hydrogen-bond acceptors (Lipinski definition) is 3. The summed E-state index contributed by atoms with van der Waals surface area (Å²) in [4.78, 5) is 0. The Morgan fingerprint density at radius 2 is 2.18 bits per heavy atom. The summed E-state index contributed by atoms with van der Waals surface area (Å²) < 4.78 is 1.93. The molecule has 1 aromatic rings. The third-order valence-corrected chi connectivity index (χ3v) is 3.46. The predicted molar refractivity (Wildman–Crippen MR) is 71.5 cm³/mol. The van der Waals surface area contributed by atoms with Crippen molar-refractivity contribution in [2.24, 2.45) is 5.92 Å². The van der Waals surface area contributed by atoms with Gasteiger partial charge < -0.3 is 5.32 Å². The van der Waals surface area contributed by atoms with E-state index in [1.165, 1.54) is 32.1 Å². The average molecular weight is 259 g/mol. The molecule has 1 saturated carbocycles. The molecule has 0 bridgehead atoms. The number of nitrogens with one attached hydrogen (secondary N) is 1. The first-order valence-corrected chi connectivity index (χ1v) is 6.42. The number of likely N-dealkylation sites (N-methyl/N-ethyl adjacent to an activating group) is 1. The highest BCUT2D eigenvalue weighted by Crippen LogP contribution is 2.28. The lowest BCUT2D eigenvalue weighted by atomic mass is 10.0. The van der Waals surface area contributed by atoms with Gasteiger partial charge >= 0.3 is 0 Å². The molecule has 1 aliphatic carbocycles. The molecule has 0 amide bonds. The van der Waals surface area contributed by atoms with Gasteiger partial charge in [-0.05, 0) is 25.8 Å². The Hall–Kier alpha value is -0.610. The first-order valence-electron chi connectivity index (χ1n) is 6.42. The van der Waals surface area contributed by atoms with Crippen molar-refractivity contribution in [3.8, 4) is 0 Å². The van der Waals surface area contributed by atoms with Crippen molar-refractivity contribution in [2.75, 3.05) is 13.6 Å². The largest absolute Gasteiger partial charge is 0.318 e. The molecule has 2 rings (SSSR count). The highest BCUT2D eigenvalue weighted by Gasteiger charge is 2.15. The van der Waals surface area contributed by atoms with Crippen LogP contribution in [0.15, 0.2) is 6.20 Å². The van der Waals surface area contributed by atoms with Crippen LogP contribution in [0.3, 0.4) is 0 Å². The van der Waals surface area contributed by atoms with E-state index in [4.69, 9.17) is 0 Å². The topological polar surface area (TPSA) is 42.7 Å². The third kappa shape index (κ3) is 4.64. The molecule has 5 heteroatoms.